The highest BCUT2D eigenvalue weighted by Gasteiger charge is 2.29. The molecule has 0 saturated carbocycles. The van der Waals surface area contributed by atoms with Crippen molar-refractivity contribution in [3.05, 3.63) is 83.0 Å². The van der Waals surface area contributed by atoms with E-state index < -0.39 is 6.10 Å². The first-order chi connectivity index (χ1) is 21.3. The van der Waals surface area contributed by atoms with E-state index in [4.69, 9.17) is 9.47 Å². The number of hydrogen-bond acceptors (Lipinski definition) is 8. The first-order valence-electron chi connectivity index (χ1n) is 15.3. The van der Waals surface area contributed by atoms with Crippen LogP contribution in [0.15, 0.2) is 60.7 Å². The first-order valence-corrected chi connectivity index (χ1v) is 15.3. The topological polar surface area (TPSA) is 116 Å². The number of likely N-dealkylation sites (tertiary alicyclic amines) is 1. The van der Waals surface area contributed by atoms with E-state index in [2.05, 4.69) is 44.8 Å². The predicted octanol–water partition coefficient (Wildman–Crippen LogP) is 3.28. The number of ether oxygens (including phenoxy) is 2. The second kappa shape index (κ2) is 14.5. The molecule has 2 aliphatic rings. The van der Waals surface area contributed by atoms with Crippen LogP contribution < -0.4 is 20.1 Å². The molecule has 234 valence electrons. The number of aliphatic hydroxyl groups is 1. The van der Waals surface area contributed by atoms with Crippen molar-refractivity contribution in [2.75, 3.05) is 45.7 Å². The molecule has 1 unspecified atom stereocenters. The van der Waals surface area contributed by atoms with Crippen molar-refractivity contribution < 1.29 is 24.2 Å². The fraction of sp³-hybridized carbons (Fsp3) is 0.441. The highest BCUT2D eigenvalue weighted by molar-refractivity contribution is 5.92. The zero-order chi connectivity index (χ0) is 31.1. The van der Waals surface area contributed by atoms with E-state index in [0.717, 1.165) is 42.7 Å². The Morgan fingerprint density at radius 2 is 1.75 bits per heavy atom. The second-order valence-electron chi connectivity index (χ2n) is 11.6. The standard InChI is InChI=1S/C34H43N5O5/c1-23(40)38-15-13-27(14-16-38)36-33-10-6-9-31(37-33)34(42)35-20-29(41)22-39(28-17-24-7-4-5-8-25(24)18-28)21-26-11-12-30(43-2)19-32(26)44-3/h4-12,19,27-29,41H,13-18,20-22H2,1-3H3,(H,35,42)(H,36,37). The maximum absolute atomic E-state index is 13.0. The summed E-state index contributed by atoms with van der Waals surface area (Å²) < 4.78 is 11.0. The Kier molecular flexibility index (Phi) is 10.3. The number of hydrogen-bond donors (Lipinski definition) is 3. The molecular weight excluding hydrogens is 558 g/mol. The summed E-state index contributed by atoms with van der Waals surface area (Å²) in [4.78, 5) is 33.3. The Labute approximate surface area is 259 Å². The molecule has 44 heavy (non-hydrogen) atoms. The lowest BCUT2D eigenvalue weighted by Gasteiger charge is -2.32. The van der Waals surface area contributed by atoms with Crippen LogP contribution in [0.5, 0.6) is 11.5 Å². The number of nitrogens with one attached hydrogen (secondary N) is 2. The Hall–Kier alpha value is -4.15. The van der Waals surface area contributed by atoms with Crippen LogP contribution in [0.25, 0.3) is 0 Å². The van der Waals surface area contributed by atoms with Gasteiger partial charge in [-0.2, -0.15) is 0 Å². The summed E-state index contributed by atoms with van der Waals surface area (Å²) >= 11 is 0. The number of pyridine rings is 1. The van der Waals surface area contributed by atoms with Crippen molar-refractivity contribution in [2.24, 2.45) is 0 Å². The molecule has 2 amide bonds. The number of aromatic nitrogens is 1. The quantitative estimate of drug-likeness (QED) is 0.290. The first kappa shape index (κ1) is 31.3. The molecular formula is C34H43N5O5. The van der Waals surface area contributed by atoms with Gasteiger partial charge in [0, 0.05) is 63.4 Å². The van der Waals surface area contributed by atoms with Crippen LogP contribution in [-0.2, 0) is 24.2 Å². The van der Waals surface area contributed by atoms with Crippen molar-refractivity contribution in [3.63, 3.8) is 0 Å². The summed E-state index contributed by atoms with van der Waals surface area (Å²) in [5, 5.41) is 17.4. The number of rotatable bonds is 12. The Balaban J connectivity index is 1.20. The number of fused-ring (bicyclic) bond motifs is 1. The van der Waals surface area contributed by atoms with Crippen molar-refractivity contribution in [1.29, 1.82) is 0 Å². The van der Waals surface area contributed by atoms with Gasteiger partial charge in [0.05, 0.1) is 20.3 Å². The Bertz CT molecular complexity index is 1420. The minimum Gasteiger partial charge on any atom is -0.497 e. The van der Waals surface area contributed by atoms with Gasteiger partial charge in [-0.05, 0) is 55.0 Å². The van der Waals surface area contributed by atoms with Crippen LogP contribution in [-0.4, -0.2) is 90.3 Å². The number of carbonyl (C=O) groups excluding carboxylic acids is 2. The predicted molar refractivity (Wildman–Crippen MR) is 169 cm³/mol. The average molecular weight is 602 g/mol. The smallest absolute Gasteiger partial charge is 0.270 e. The summed E-state index contributed by atoms with van der Waals surface area (Å²) in [7, 11) is 3.28. The molecule has 3 N–H and O–H groups in total. The normalized spacial score (nSPS) is 16.0. The highest BCUT2D eigenvalue weighted by atomic mass is 16.5. The third kappa shape index (κ3) is 7.86. The van der Waals surface area contributed by atoms with Gasteiger partial charge in [-0.25, -0.2) is 4.98 Å². The van der Waals surface area contributed by atoms with Crippen molar-refractivity contribution in [3.8, 4) is 11.5 Å². The van der Waals surface area contributed by atoms with E-state index in [1.54, 1.807) is 33.3 Å². The number of piperidine rings is 1. The van der Waals surface area contributed by atoms with Crippen molar-refractivity contribution >= 4 is 17.6 Å². The Morgan fingerprint density at radius 3 is 2.41 bits per heavy atom. The molecule has 0 bridgehead atoms. The fourth-order valence-corrected chi connectivity index (χ4v) is 6.16. The molecule has 1 aliphatic carbocycles. The lowest BCUT2D eigenvalue weighted by atomic mass is 10.1. The van der Waals surface area contributed by atoms with E-state index >= 15 is 0 Å². The maximum atomic E-state index is 13.0. The van der Waals surface area contributed by atoms with Crippen LogP contribution in [0.3, 0.4) is 0 Å². The number of carbonyl (C=O) groups is 2. The molecule has 1 atom stereocenters. The van der Waals surface area contributed by atoms with E-state index in [1.165, 1.54) is 11.1 Å². The summed E-state index contributed by atoms with van der Waals surface area (Å²) in [6.45, 7) is 4.06. The van der Waals surface area contributed by atoms with Gasteiger partial charge in [0.2, 0.25) is 5.91 Å². The van der Waals surface area contributed by atoms with E-state index in [1.807, 2.05) is 29.2 Å². The molecule has 1 fully saturated rings. The van der Waals surface area contributed by atoms with E-state index in [-0.39, 0.29) is 36.1 Å². The van der Waals surface area contributed by atoms with Crippen molar-refractivity contribution in [2.45, 2.75) is 57.3 Å². The summed E-state index contributed by atoms with van der Waals surface area (Å²) in [6, 6.07) is 20.0. The maximum Gasteiger partial charge on any atom is 0.270 e. The molecule has 1 aromatic heterocycles. The minimum absolute atomic E-state index is 0.0948. The number of aliphatic hydroxyl groups excluding tert-OH is 1. The second-order valence-corrected chi connectivity index (χ2v) is 11.6. The molecule has 10 heteroatoms. The lowest BCUT2D eigenvalue weighted by molar-refractivity contribution is -0.129. The number of benzene rings is 2. The summed E-state index contributed by atoms with van der Waals surface area (Å²) in [5.74, 6) is 1.84. The number of anilines is 1. The lowest BCUT2D eigenvalue weighted by Crippen LogP contribution is -2.44. The van der Waals surface area contributed by atoms with Gasteiger partial charge in [-0.3, -0.25) is 14.5 Å². The monoisotopic (exact) mass is 601 g/mol. The molecule has 0 spiro atoms. The van der Waals surface area contributed by atoms with Crippen LogP contribution >= 0.6 is 0 Å². The molecule has 3 aromatic rings. The summed E-state index contributed by atoms with van der Waals surface area (Å²) in [6.07, 6.45) is 2.65. The molecule has 5 rings (SSSR count). The van der Waals surface area contributed by atoms with Crippen LogP contribution in [0, 0.1) is 0 Å². The highest BCUT2D eigenvalue weighted by Crippen LogP contribution is 2.30. The van der Waals surface area contributed by atoms with E-state index in [0.29, 0.717) is 32.0 Å². The zero-order valence-corrected chi connectivity index (χ0v) is 25.8. The minimum atomic E-state index is -0.792. The van der Waals surface area contributed by atoms with Crippen LogP contribution in [0.4, 0.5) is 5.82 Å². The SMILES string of the molecule is COc1ccc(CN(CC(O)CNC(=O)c2cccc(NC3CCN(C(C)=O)CC3)n2)C2Cc3ccccc3C2)c(OC)c1. The van der Waals surface area contributed by atoms with Gasteiger partial charge in [0.1, 0.15) is 23.0 Å². The molecule has 2 aromatic carbocycles. The number of amides is 2. The molecule has 1 saturated heterocycles. The Morgan fingerprint density at radius 1 is 1.02 bits per heavy atom. The van der Waals surface area contributed by atoms with Crippen LogP contribution in [0.2, 0.25) is 0 Å². The van der Waals surface area contributed by atoms with Gasteiger partial charge in [0.25, 0.3) is 5.91 Å². The van der Waals surface area contributed by atoms with Gasteiger partial charge in [-0.1, -0.05) is 36.4 Å². The van der Waals surface area contributed by atoms with Gasteiger partial charge in [0.15, 0.2) is 0 Å². The molecule has 10 nitrogen and oxygen atoms in total. The molecule has 1 aliphatic heterocycles. The van der Waals surface area contributed by atoms with E-state index in [9.17, 15) is 14.7 Å². The third-order valence-electron chi connectivity index (χ3n) is 8.63. The molecule has 2 heterocycles. The largest absolute Gasteiger partial charge is 0.497 e. The number of methoxy groups -OCH3 is 2. The summed E-state index contributed by atoms with van der Waals surface area (Å²) in [5.41, 5.74) is 3.95. The third-order valence-corrected chi connectivity index (χ3v) is 8.63. The van der Waals surface area contributed by atoms with Gasteiger partial charge in [-0.15, -0.1) is 0 Å². The number of nitrogens with zero attached hydrogens (tertiary/aromatic N) is 3. The van der Waals surface area contributed by atoms with Gasteiger partial charge >= 0.3 is 0 Å². The van der Waals surface area contributed by atoms with Crippen molar-refractivity contribution in [1.82, 2.24) is 20.1 Å². The van der Waals surface area contributed by atoms with Gasteiger partial charge < -0.3 is 30.1 Å². The molecule has 0 radical (unpaired) electrons. The zero-order valence-electron chi connectivity index (χ0n) is 25.8. The average Bonchev–Trinajstić information content (AvgIpc) is 3.48. The van der Waals surface area contributed by atoms with Crippen LogP contribution in [0.1, 0.15) is 46.9 Å². The fourth-order valence-electron chi connectivity index (χ4n) is 6.16.